The maximum Gasteiger partial charge on any atom is 0.0361 e. The maximum atomic E-state index is 2.33. The molecule has 0 spiro atoms. The van der Waals surface area contributed by atoms with Crippen molar-refractivity contribution >= 4 is 5.69 Å². The predicted octanol–water partition coefficient (Wildman–Crippen LogP) is 7.96. The van der Waals surface area contributed by atoms with Gasteiger partial charge in [-0.2, -0.15) is 0 Å². The third kappa shape index (κ3) is 4.95. The first kappa shape index (κ1) is 22.2. The molecule has 0 N–H and O–H groups in total. The fourth-order valence-electron chi connectivity index (χ4n) is 4.05. The normalized spacial score (nSPS) is 14.2. The minimum atomic E-state index is 0.248. The minimum Gasteiger partial charge on any atom is -0.378 e. The molecule has 3 aromatic carbocycles. The Hall–Kier alpha value is -2.54. The second-order valence-corrected chi connectivity index (χ2v) is 8.87. The van der Waals surface area contributed by atoms with Gasteiger partial charge < -0.3 is 4.90 Å². The van der Waals surface area contributed by atoms with E-state index in [1.807, 2.05) is 0 Å². The van der Waals surface area contributed by atoms with Crippen molar-refractivity contribution in [3.05, 3.63) is 101 Å². The van der Waals surface area contributed by atoms with Gasteiger partial charge in [0.15, 0.2) is 0 Å². The highest BCUT2D eigenvalue weighted by atomic mass is 15.1. The lowest BCUT2D eigenvalue weighted by Gasteiger charge is -2.22. The van der Waals surface area contributed by atoms with Crippen LogP contribution in [-0.2, 0) is 0 Å². The summed E-state index contributed by atoms with van der Waals surface area (Å²) >= 11 is 0. The Bertz CT molecular complexity index is 851. The van der Waals surface area contributed by atoms with Crippen LogP contribution in [0, 0.1) is 0 Å². The van der Waals surface area contributed by atoms with Crippen LogP contribution in [0.5, 0.6) is 0 Å². The third-order valence-corrected chi connectivity index (χ3v) is 6.65. The fourth-order valence-corrected chi connectivity index (χ4v) is 4.05. The number of nitrogens with zero attached hydrogens (tertiary/aromatic N) is 1. The zero-order valence-electron chi connectivity index (χ0n) is 19.5. The number of hydrogen-bond acceptors (Lipinski definition) is 1. The highest BCUT2D eigenvalue weighted by Gasteiger charge is 2.18. The average Bonchev–Trinajstić information content (AvgIpc) is 2.79. The smallest absolute Gasteiger partial charge is 0.0361 e. The zero-order chi connectivity index (χ0) is 21.7. The molecular formula is C29H37N. The second kappa shape index (κ2) is 9.98. The Morgan fingerprint density at radius 3 is 1.13 bits per heavy atom. The molecule has 0 amide bonds. The van der Waals surface area contributed by atoms with Gasteiger partial charge in [0.1, 0.15) is 0 Å². The molecule has 0 aliphatic rings. The van der Waals surface area contributed by atoms with E-state index in [1.54, 1.807) is 0 Å². The Labute approximate surface area is 183 Å². The van der Waals surface area contributed by atoms with E-state index in [4.69, 9.17) is 0 Å². The average molecular weight is 400 g/mol. The molecule has 0 saturated carbocycles. The van der Waals surface area contributed by atoms with Crippen LogP contribution in [-0.4, -0.2) is 14.1 Å². The van der Waals surface area contributed by atoms with Crippen molar-refractivity contribution in [1.29, 1.82) is 0 Å². The van der Waals surface area contributed by atoms with Gasteiger partial charge in [-0.3, -0.25) is 0 Å². The van der Waals surface area contributed by atoms with E-state index in [1.165, 1.54) is 46.3 Å². The van der Waals surface area contributed by atoms with E-state index in [-0.39, 0.29) is 5.92 Å². The standard InChI is InChI=1S/C29H37N/c1-7-21(3)23-9-13-25(14-10-23)29(27-17-19-28(20-18-27)30(5)6)26-15-11-24(12-16-26)22(4)8-2/h9-22,29H,7-8H2,1-6H3. The molecule has 0 aromatic heterocycles. The molecule has 0 aliphatic carbocycles. The molecule has 0 fully saturated rings. The van der Waals surface area contributed by atoms with Gasteiger partial charge in [0, 0.05) is 25.7 Å². The molecule has 0 saturated heterocycles. The van der Waals surface area contributed by atoms with Gasteiger partial charge in [-0.1, -0.05) is 88.4 Å². The van der Waals surface area contributed by atoms with Crippen LogP contribution in [0.25, 0.3) is 0 Å². The molecule has 0 bridgehead atoms. The summed E-state index contributed by atoms with van der Waals surface area (Å²) in [6.45, 7) is 9.12. The van der Waals surface area contributed by atoms with Gasteiger partial charge in [0.25, 0.3) is 0 Å². The summed E-state index contributed by atoms with van der Waals surface area (Å²) in [5, 5.41) is 0. The van der Waals surface area contributed by atoms with E-state index >= 15 is 0 Å². The van der Waals surface area contributed by atoms with Gasteiger partial charge in [0.2, 0.25) is 0 Å². The van der Waals surface area contributed by atoms with Crippen molar-refractivity contribution in [1.82, 2.24) is 0 Å². The summed E-state index contributed by atoms with van der Waals surface area (Å²) in [4.78, 5) is 2.15. The monoisotopic (exact) mass is 399 g/mol. The molecule has 0 aliphatic heterocycles. The summed E-state index contributed by atoms with van der Waals surface area (Å²) in [5.74, 6) is 1.46. The van der Waals surface area contributed by atoms with Crippen molar-refractivity contribution in [2.24, 2.45) is 0 Å². The van der Waals surface area contributed by atoms with Crippen LogP contribution >= 0.6 is 0 Å². The quantitative estimate of drug-likeness (QED) is 0.347. The summed E-state index contributed by atoms with van der Waals surface area (Å²) in [6, 6.07) is 27.6. The minimum absolute atomic E-state index is 0.248. The van der Waals surface area contributed by atoms with Crippen molar-refractivity contribution in [2.75, 3.05) is 19.0 Å². The first-order valence-corrected chi connectivity index (χ1v) is 11.4. The molecule has 0 heterocycles. The van der Waals surface area contributed by atoms with Crippen molar-refractivity contribution in [2.45, 2.75) is 58.3 Å². The largest absolute Gasteiger partial charge is 0.378 e. The van der Waals surface area contributed by atoms with Crippen LogP contribution in [0.3, 0.4) is 0 Å². The van der Waals surface area contributed by atoms with Crippen LogP contribution in [0.15, 0.2) is 72.8 Å². The third-order valence-electron chi connectivity index (χ3n) is 6.65. The predicted molar refractivity (Wildman–Crippen MR) is 132 cm³/mol. The SMILES string of the molecule is CCC(C)c1ccc(C(c2ccc(C(C)CC)cc2)c2ccc(N(C)C)cc2)cc1. The van der Waals surface area contributed by atoms with E-state index in [0.717, 1.165) is 0 Å². The van der Waals surface area contributed by atoms with Gasteiger partial charge in [-0.05, 0) is 64.6 Å². The van der Waals surface area contributed by atoms with Gasteiger partial charge in [-0.15, -0.1) is 0 Å². The topological polar surface area (TPSA) is 3.24 Å². The number of rotatable bonds is 8. The Morgan fingerprint density at radius 1 is 0.533 bits per heavy atom. The van der Waals surface area contributed by atoms with Crippen molar-refractivity contribution < 1.29 is 0 Å². The van der Waals surface area contributed by atoms with Gasteiger partial charge >= 0.3 is 0 Å². The number of hydrogen-bond donors (Lipinski definition) is 0. The number of anilines is 1. The Kier molecular flexibility index (Phi) is 7.37. The van der Waals surface area contributed by atoms with E-state index in [0.29, 0.717) is 11.8 Å². The van der Waals surface area contributed by atoms with Gasteiger partial charge in [0.05, 0.1) is 0 Å². The van der Waals surface area contributed by atoms with E-state index < -0.39 is 0 Å². The van der Waals surface area contributed by atoms with Crippen LogP contribution < -0.4 is 4.90 Å². The second-order valence-electron chi connectivity index (χ2n) is 8.87. The first-order valence-electron chi connectivity index (χ1n) is 11.4. The molecule has 3 rings (SSSR count). The summed E-state index contributed by atoms with van der Waals surface area (Å²) in [7, 11) is 4.18. The molecule has 2 atom stereocenters. The molecular weight excluding hydrogens is 362 g/mol. The molecule has 158 valence electrons. The zero-order valence-corrected chi connectivity index (χ0v) is 19.5. The van der Waals surface area contributed by atoms with Crippen LogP contribution in [0.1, 0.15) is 86.1 Å². The lowest BCUT2D eigenvalue weighted by atomic mass is 9.83. The Balaban J connectivity index is 2.02. The Morgan fingerprint density at radius 2 is 0.833 bits per heavy atom. The maximum absolute atomic E-state index is 2.33. The summed E-state index contributed by atoms with van der Waals surface area (Å²) in [6.07, 6.45) is 2.34. The lowest BCUT2D eigenvalue weighted by Crippen LogP contribution is -2.09. The van der Waals surface area contributed by atoms with Crippen molar-refractivity contribution in [3.8, 4) is 0 Å². The molecule has 2 unspecified atom stereocenters. The molecule has 0 radical (unpaired) electrons. The highest BCUT2D eigenvalue weighted by Crippen LogP contribution is 2.34. The van der Waals surface area contributed by atoms with Crippen LogP contribution in [0.4, 0.5) is 5.69 Å². The molecule has 1 heteroatoms. The van der Waals surface area contributed by atoms with Gasteiger partial charge in [-0.25, -0.2) is 0 Å². The molecule has 30 heavy (non-hydrogen) atoms. The molecule has 3 aromatic rings. The van der Waals surface area contributed by atoms with E-state index in [2.05, 4.69) is 119 Å². The van der Waals surface area contributed by atoms with Crippen molar-refractivity contribution in [3.63, 3.8) is 0 Å². The summed E-state index contributed by atoms with van der Waals surface area (Å²) in [5.41, 5.74) is 8.14. The van der Waals surface area contributed by atoms with E-state index in [9.17, 15) is 0 Å². The van der Waals surface area contributed by atoms with Crippen LogP contribution in [0.2, 0.25) is 0 Å². The number of benzene rings is 3. The first-order chi connectivity index (χ1) is 14.4. The fraction of sp³-hybridized carbons (Fsp3) is 0.379. The summed E-state index contributed by atoms with van der Waals surface area (Å²) < 4.78 is 0. The highest BCUT2D eigenvalue weighted by molar-refractivity contribution is 5.51. The lowest BCUT2D eigenvalue weighted by molar-refractivity contribution is 0.731. The molecule has 1 nitrogen and oxygen atoms in total.